The van der Waals surface area contributed by atoms with E-state index in [9.17, 15) is 19.5 Å². The molecule has 1 unspecified atom stereocenters. The molecule has 0 aromatic heterocycles. The Kier molecular flexibility index (Phi) is 5.53. The van der Waals surface area contributed by atoms with Crippen molar-refractivity contribution in [3.63, 3.8) is 0 Å². The van der Waals surface area contributed by atoms with Gasteiger partial charge in [0.15, 0.2) is 0 Å². The number of carbonyl (C=O) groups is 3. The third-order valence-electron chi connectivity index (χ3n) is 3.79. The van der Waals surface area contributed by atoms with Crippen LogP contribution in [0.1, 0.15) is 52.9 Å². The van der Waals surface area contributed by atoms with Gasteiger partial charge in [-0.2, -0.15) is 0 Å². The summed E-state index contributed by atoms with van der Waals surface area (Å²) >= 11 is 0. The van der Waals surface area contributed by atoms with Gasteiger partial charge in [0.25, 0.3) is 0 Å². The summed E-state index contributed by atoms with van der Waals surface area (Å²) < 4.78 is 0. The molecule has 1 fully saturated rings. The van der Waals surface area contributed by atoms with Crippen LogP contribution in [-0.2, 0) is 14.4 Å². The molecule has 2 amide bonds. The third-order valence-corrected chi connectivity index (χ3v) is 3.79. The van der Waals surface area contributed by atoms with Crippen LogP contribution in [-0.4, -0.2) is 34.5 Å². The highest BCUT2D eigenvalue weighted by atomic mass is 16.4. The Morgan fingerprint density at radius 2 is 1.65 bits per heavy atom. The fourth-order valence-corrected chi connectivity index (χ4v) is 2.62. The average molecular weight is 284 g/mol. The molecule has 1 aliphatic carbocycles. The summed E-state index contributed by atoms with van der Waals surface area (Å²) in [4.78, 5) is 35.0. The van der Waals surface area contributed by atoms with Gasteiger partial charge in [-0.25, -0.2) is 4.79 Å². The highest BCUT2D eigenvalue weighted by Gasteiger charge is 2.42. The first-order valence-electron chi connectivity index (χ1n) is 7.11. The van der Waals surface area contributed by atoms with Crippen LogP contribution in [0.2, 0.25) is 0 Å². The molecule has 0 aromatic rings. The molecule has 6 nitrogen and oxygen atoms in total. The van der Waals surface area contributed by atoms with E-state index in [1.807, 2.05) is 13.8 Å². The van der Waals surface area contributed by atoms with Crippen molar-refractivity contribution >= 4 is 17.8 Å². The summed E-state index contributed by atoms with van der Waals surface area (Å²) in [6.07, 6.45) is 3.46. The Bertz CT molecular complexity index is 387. The molecule has 20 heavy (non-hydrogen) atoms. The van der Waals surface area contributed by atoms with E-state index in [-0.39, 0.29) is 11.8 Å². The maximum absolute atomic E-state index is 12.3. The highest BCUT2D eigenvalue weighted by molar-refractivity contribution is 5.92. The Morgan fingerprint density at radius 3 is 2.05 bits per heavy atom. The Labute approximate surface area is 119 Å². The number of hydrogen-bond acceptors (Lipinski definition) is 3. The summed E-state index contributed by atoms with van der Waals surface area (Å²) in [5, 5.41) is 14.7. The molecular weight excluding hydrogens is 260 g/mol. The first-order chi connectivity index (χ1) is 9.28. The van der Waals surface area contributed by atoms with Crippen LogP contribution in [0.3, 0.4) is 0 Å². The summed E-state index contributed by atoms with van der Waals surface area (Å²) in [7, 11) is 0. The number of rotatable bonds is 5. The van der Waals surface area contributed by atoms with Gasteiger partial charge in [0.2, 0.25) is 11.8 Å². The smallest absolute Gasteiger partial charge is 0.329 e. The van der Waals surface area contributed by atoms with Crippen LogP contribution in [0.25, 0.3) is 0 Å². The van der Waals surface area contributed by atoms with Gasteiger partial charge in [0.1, 0.15) is 11.6 Å². The fourth-order valence-electron chi connectivity index (χ4n) is 2.62. The van der Waals surface area contributed by atoms with Crippen molar-refractivity contribution in [2.45, 2.75) is 64.5 Å². The van der Waals surface area contributed by atoms with E-state index in [1.165, 1.54) is 6.92 Å². The first kappa shape index (κ1) is 16.5. The molecule has 1 aliphatic rings. The predicted octanol–water partition coefficient (Wildman–Crippen LogP) is 1.05. The van der Waals surface area contributed by atoms with Crippen molar-refractivity contribution in [3.8, 4) is 0 Å². The molecule has 0 radical (unpaired) electrons. The minimum atomic E-state index is -1.18. The predicted molar refractivity (Wildman–Crippen MR) is 74.0 cm³/mol. The molecular formula is C14H24N2O4. The van der Waals surface area contributed by atoms with Gasteiger partial charge in [0, 0.05) is 6.92 Å². The molecule has 114 valence electrons. The van der Waals surface area contributed by atoms with Crippen LogP contribution in [0.5, 0.6) is 0 Å². The standard InChI is InChI=1S/C14H24N2O4/c1-9(2)11(15-10(3)17)12(18)16-14(13(19)20)7-5-4-6-8-14/h9,11H,4-8H2,1-3H3,(H,15,17)(H,16,18)(H,19,20). The average Bonchev–Trinajstić information content (AvgIpc) is 2.36. The second-order valence-corrected chi connectivity index (χ2v) is 5.86. The van der Waals surface area contributed by atoms with E-state index in [1.54, 1.807) is 0 Å². The minimum absolute atomic E-state index is 0.103. The van der Waals surface area contributed by atoms with Gasteiger partial charge in [-0.05, 0) is 18.8 Å². The summed E-state index contributed by atoms with van der Waals surface area (Å²) in [5.41, 5.74) is -1.18. The van der Waals surface area contributed by atoms with Crippen LogP contribution >= 0.6 is 0 Å². The lowest BCUT2D eigenvalue weighted by molar-refractivity contribution is -0.150. The zero-order valence-electron chi connectivity index (χ0n) is 12.4. The number of hydrogen-bond donors (Lipinski definition) is 3. The molecule has 0 bridgehead atoms. The molecule has 0 aliphatic heterocycles. The van der Waals surface area contributed by atoms with Crippen molar-refractivity contribution in [1.82, 2.24) is 10.6 Å². The maximum Gasteiger partial charge on any atom is 0.329 e. The van der Waals surface area contributed by atoms with Crippen LogP contribution in [0, 0.1) is 5.92 Å². The molecule has 1 rings (SSSR count). The zero-order valence-corrected chi connectivity index (χ0v) is 12.4. The van der Waals surface area contributed by atoms with Gasteiger partial charge < -0.3 is 15.7 Å². The quantitative estimate of drug-likeness (QED) is 0.703. The van der Waals surface area contributed by atoms with Crippen LogP contribution < -0.4 is 10.6 Å². The second kappa shape index (κ2) is 6.72. The number of aliphatic carboxylic acids is 1. The highest BCUT2D eigenvalue weighted by Crippen LogP contribution is 2.28. The number of amides is 2. The Hall–Kier alpha value is -1.59. The molecule has 3 N–H and O–H groups in total. The van der Waals surface area contributed by atoms with E-state index in [0.29, 0.717) is 12.8 Å². The summed E-state index contributed by atoms with van der Waals surface area (Å²) in [6.45, 7) is 4.97. The number of nitrogens with one attached hydrogen (secondary N) is 2. The summed E-state index contributed by atoms with van der Waals surface area (Å²) in [5.74, 6) is -1.81. The van der Waals surface area contributed by atoms with Crippen molar-refractivity contribution in [2.75, 3.05) is 0 Å². The lowest BCUT2D eigenvalue weighted by atomic mass is 9.81. The largest absolute Gasteiger partial charge is 0.480 e. The van der Waals surface area contributed by atoms with Crippen LogP contribution in [0.4, 0.5) is 0 Å². The zero-order chi connectivity index (χ0) is 15.3. The lowest BCUT2D eigenvalue weighted by Gasteiger charge is -2.35. The monoisotopic (exact) mass is 284 g/mol. The summed E-state index contributed by atoms with van der Waals surface area (Å²) in [6, 6.07) is -0.703. The molecule has 0 spiro atoms. The number of carboxylic acid groups (broad SMARTS) is 1. The van der Waals surface area contributed by atoms with Crippen molar-refractivity contribution < 1.29 is 19.5 Å². The number of carboxylic acids is 1. The Morgan fingerprint density at radius 1 is 1.10 bits per heavy atom. The molecule has 0 aromatic carbocycles. The molecule has 6 heteroatoms. The van der Waals surface area contributed by atoms with Gasteiger partial charge in [-0.1, -0.05) is 33.1 Å². The minimum Gasteiger partial charge on any atom is -0.480 e. The topological polar surface area (TPSA) is 95.5 Å². The lowest BCUT2D eigenvalue weighted by Crippen LogP contribution is -2.60. The van der Waals surface area contributed by atoms with Gasteiger partial charge in [0.05, 0.1) is 0 Å². The van der Waals surface area contributed by atoms with Crippen molar-refractivity contribution in [3.05, 3.63) is 0 Å². The van der Waals surface area contributed by atoms with Gasteiger partial charge >= 0.3 is 5.97 Å². The number of carbonyl (C=O) groups excluding carboxylic acids is 2. The SMILES string of the molecule is CC(=O)NC(C(=O)NC1(C(=O)O)CCCCC1)C(C)C. The van der Waals surface area contributed by atoms with Gasteiger partial charge in [-0.3, -0.25) is 9.59 Å². The van der Waals surface area contributed by atoms with E-state index in [4.69, 9.17) is 0 Å². The molecule has 1 saturated carbocycles. The Balaban J connectivity index is 2.83. The molecule has 1 atom stereocenters. The van der Waals surface area contributed by atoms with Crippen molar-refractivity contribution in [1.29, 1.82) is 0 Å². The normalized spacial score (nSPS) is 19.2. The second-order valence-electron chi connectivity index (χ2n) is 5.86. The molecule has 0 heterocycles. The van der Waals surface area contributed by atoms with E-state index in [0.717, 1.165) is 19.3 Å². The van der Waals surface area contributed by atoms with E-state index >= 15 is 0 Å². The third kappa shape index (κ3) is 3.95. The van der Waals surface area contributed by atoms with Crippen molar-refractivity contribution in [2.24, 2.45) is 5.92 Å². The van der Waals surface area contributed by atoms with Gasteiger partial charge in [-0.15, -0.1) is 0 Å². The maximum atomic E-state index is 12.3. The van der Waals surface area contributed by atoms with E-state index < -0.39 is 23.5 Å². The fraction of sp³-hybridized carbons (Fsp3) is 0.786. The van der Waals surface area contributed by atoms with E-state index in [2.05, 4.69) is 10.6 Å². The van der Waals surface area contributed by atoms with Crippen LogP contribution in [0.15, 0.2) is 0 Å². The molecule has 0 saturated heterocycles. The first-order valence-corrected chi connectivity index (χ1v) is 7.11.